The zero-order valence-electron chi connectivity index (χ0n) is 11.5. The summed E-state index contributed by atoms with van der Waals surface area (Å²) < 4.78 is 32.4. The fraction of sp³-hybridized carbons (Fsp3) is 0.538. The van der Waals surface area contributed by atoms with Crippen molar-refractivity contribution in [2.45, 2.75) is 30.7 Å². The van der Waals surface area contributed by atoms with Crippen molar-refractivity contribution in [1.82, 2.24) is 10.0 Å². The summed E-state index contributed by atoms with van der Waals surface area (Å²) in [6.07, 6.45) is 1.76. The smallest absolute Gasteiger partial charge is 0.240 e. The van der Waals surface area contributed by atoms with Crippen LogP contribution in [0.3, 0.4) is 0 Å². The summed E-state index contributed by atoms with van der Waals surface area (Å²) in [6.45, 7) is 4.21. The summed E-state index contributed by atoms with van der Waals surface area (Å²) in [7, 11) is -3.43. The summed E-state index contributed by atoms with van der Waals surface area (Å²) in [4.78, 5) is 0.281. The molecule has 114 valence electrons. The number of ether oxygens (including phenoxy) is 1. The first-order valence-electron chi connectivity index (χ1n) is 6.58. The lowest BCUT2D eigenvalue weighted by atomic mass is 10.3. The van der Waals surface area contributed by atoms with E-state index in [-0.39, 0.29) is 23.3 Å². The van der Waals surface area contributed by atoms with E-state index in [4.69, 9.17) is 4.74 Å². The van der Waals surface area contributed by atoms with Crippen LogP contribution in [0.1, 0.15) is 19.8 Å². The largest absolute Gasteiger partial charge is 0.494 e. The van der Waals surface area contributed by atoms with Crippen LogP contribution in [0.5, 0.6) is 5.75 Å². The molecule has 0 radical (unpaired) electrons. The molecule has 1 aromatic carbocycles. The monoisotopic (exact) mass is 320 g/mol. The first-order valence-corrected chi connectivity index (χ1v) is 8.06. The third-order valence-electron chi connectivity index (χ3n) is 2.99. The van der Waals surface area contributed by atoms with Gasteiger partial charge in [0.1, 0.15) is 5.75 Å². The predicted molar refractivity (Wildman–Crippen MR) is 81.1 cm³/mol. The van der Waals surface area contributed by atoms with Crippen molar-refractivity contribution in [3.63, 3.8) is 0 Å². The van der Waals surface area contributed by atoms with E-state index < -0.39 is 10.0 Å². The summed E-state index contributed by atoms with van der Waals surface area (Å²) in [5.74, 6) is 0.698. The van der Waals surface area contributed by atoms with Gasteiger partial charge in [0.05, 0.1) is 11.5 Å². The second-order valence-corrected chi connectivity index (χ2v) is 6.34. The van der Waals surface area contributed by atoms with E-state index in [1.807, 2.05) is 6.92 Å². The third-order valence-corrected chi connectivity index (χ3v) is 4.53. The fourth-order valence-electron chi connectivity index (χ4n) is 1.98. The highest BCUT2D eigenvalue weighted by Crippen LogP contribution is 2.17. The number of rotatable bonds is 6. The van der Waals surface area contributed by atoms with Gasteiger partial charge in [-0.05, 0) is 43.7 Å². The lowest BCUT2D eigenvalue weighted by molar-refractivity contribution is 0.317. The van der Waals surface area contributed by atoms with E-state index in [0.717, 1.165) is 19.4 Å². The van der Waals surface area contributed by atoms with Crippen molar-refractivity contribution >= 4 is 22.4 Å². The molecule has 2 N–H and O–H groups in total. The van der Waals surface area contributed by atoms with Gasteiger partial charge in [-0.2, -0.15) is 0 Å². The van der Waals surface area contributed by atoms with Crippen LogP contribution in [0.15, 0.2) is 29.2 Å². The lowest BCUT2D eigenvalue weighted by Crippen LogP contribution is -2.36. The van der Waals surface area contributed by atoms with Crippen LogP contribution in [0.4, 0.5) is 0 Å². The van der Waals surface area contributed by atoms with Crippen molar-refractivity contribution in [3.8, 4) is 5.75 Å². The Morgan fingerprint density at radius 1 is 1.35 bits per heavy atom. The number of nitrogens with one attached hydrogen (secondary N) is 2. The maximum Gasteiger partial charge on any atom is 0.240 e. The van der Waals surface area contributed by atoms with E-state index in [1.165, 1.54) is 0 Å². The van der Waals surface area contributed by atoms with E-state index in [0.29, 0.717) is 18.9 Å². The average Bonchev–Trinajstić information content (AvgIpc) is 2.89. The van der Waals surface area contributed by atoms with Crippen molar-refractivity contribution < 1.29 is 13.2 Å². The van der Waals surface area contributed by atoms with Gasteiger partial charge in [0.25, 0.3) is 0 Å². The Labute approximate surface area is 126 Å². The molecule has 0 saturated carbocycles. The standard InChI is InChI=1S/C13H20N2O3S.ClH/c1-2-9-18-12-3-5-13(6-4-12)19(16,17)15-11-7-8-14-10-11;/h3-6,11,14-15H,2,7-10H2,1H3;1H. The van der Waals surface area contributed by atoms with Crippen molar-refractivity contribution in [1.29, 1.82) is 0 Å². The molecule has 0 bridgehead atoms. The van der Waals surface area contributed by atoms with Crippen molar-refractivity contribution in [2.75, 3.05) is 19.7 Å². The highest BCUT2D eigenvalue weighted by atomic mass is 35.5. The molecule has 1 unspecified atom stereocenters. The number of sulfonamides is 1. The van der Waals surface area contributed by atoms with Gasteiger partial charge in [-0.1, -0.05) is 6.92 Å². The topological polar surface area (TPSA) is 67.4 Å². The predicted octanol–water partition coefficient (Wildman–Crippen LogP) is 1.54. The van der Waals surface area contributed by atoms with Crippen LogP contribution in [0.25, 0.3) is 0 Å². The fourth-order valence-corrected chi connectivity index (χ4v) is 3.25. The van der Waals surface area contributed by atoms with Gasteiger partial charge in [-0.25, -0.2) is 13.1 Å². The average molecular weight is 321 g/mol. The molecule has 5 nitrogen and oxygen atoms in total. The Hall–Kier alpha value is -0.820. The minimum absolute atomic E-state index is 0. The Morgan fingerprint density at radius 3 is 2.60 bits per heavy atom. The maximum absolute atomic E-state index is 12.1. The summed E-state index contributed by atoms with van der Waals surface area (Å²) in [6, 6.07) is 6.53. The Morgan fingerprint density at radius 2 is 2.05 bits per heavy atom. The number of hydrogen-bond acceptors (Lipinski definition) is 4. The zero-order valence-corrected chi connectivity index (χ0v) is 13.1. The van der Waals surface area contributed by atoms with Gasteiger partial charge in [0.2, 0.25) is 10.0 Å². The molecule has 1 saturated heterocycles. The molecule has 0 spiro atoms. The molecule has 20 heavy (non-hydrogen) atoms. The molecule has 1 aliphatic rings. The van der Waals surface area contributed by atoms with Gasteiger partial charge in [0, 0.05) is 12.6 Å². The molecule has 1 aliphatic heterocycles. The van der Waals surface area contributed by atoms with Gasteiger partial charge < -0.3 is 10.1 Å². The van der Waals surface area contributed by atoms with E-state index in [9.17, 15) is 8.42 Å². The Bertz CT molecular complexity index is 499. The molecular formula is C13H21ClN2O3S. The molecule has 7 heteroatoms. The van der Waals surface area contributed by atoms with Crippen LogP contribution < -0.4 is 14.8 Å². The zero-order chi connectivity index (χ0) is 13.7. The molecule has 1 heterocycles. The summed E-state index contributed by atoms with van der Waals surface area (Å²) in [5.41, 5.74) is 0. The first kappa shape index (κ1) is 17.2. The second kappa shape index (κ2) is 7.83. The summed E-state index contributed by atoms with van der Waals surface area (Å²) in [5, 5.41) is 3.13. The van der Waals surface area contributed by atoms with Crippen LogP contribution in [-0.4, -0.2) is 34.2 Å². The molecule has 2 rings (SSSR count). The molecule has 1 aromatic rings. The van der Waals surface area contributed by atoms with Crippen molar-refractivity contribution in [2.24, 2.45) is 0 Å². The highest BCUT2D eigenvalue weighted by Gasteiger charge is 2.22. The normalized spacial score (nSPS) is 18.6. The molecule has 1 fully saturated rings. The van der Waals surface area contributed by atoms with Gasteiger partial charge in [-0.15, -0.1) is 12.4 Å². The number of hydrogen-bond donors (Lipinski definition) is 2. The highest BCUT2D eigenvalue weighted by molar-refractivity contribution is 7.89. The Kier molecular flexibility index (Phi) is 6.75. The molecule has 0 amide bonds. The third kappa shape index (κ3) is 4.63. The van der Waals surface area contributed by atoms with E-state index in [1.54, 1.807) is 24.3 Å². The first-order chi connectivity index (χ1) is 9.12. The van der Waals surface area contributed by atoms with E-state index in [2.05, 4.69) is 10.0 Å². The van der Waals surface area contributed by atoms with Crippen LogP contribution in [0, 0.1) is 0 Å². The molecule has 0 aromatic heterocycles. The lowest BCUT2D eigenvalue weighted by Gasteiger charge is -2.12. The summed E-state index contributed by atoms with van der Waals surface area (Å²) >= 11 is 0. The van der Waals surface area contributed by atoms with Gasteiger partial charge in [-0.3, -0.25) is 0 Å². The van der Waals surface area contributed by atoms with E-state index >= 15 is 0 Å². The molecule has 1 atom stereocenters. The molecular weight excluding hydrogens is 300 g/mol. The SMILES string of the molecule is CCCOc1ccc(S(=O)(=O)NC2CCNC2)cc1.Cl. The molecule has 0 aliphatic carbocycles. The number of benzene rings is 1. The van der Waals surface area contributed by atoms with Crippen LogP contribution in [0.2, 0.25) is 0 Å². The minimum atomic E-state index is -3.43. The Balaban J connectivity index is 0.00000200. The quantitative estimate of drug-likeness (QED) is 0.834. The second-order valence-electron chi connectivity index (χ2n) is 4.63. The minimum Gasteiger partial charge on any atom is -0.494 e. The van der Waals surface area contributed by atoms with Gasteiger partial charge >= 0.3 is 0 Å². The maximum atomic E-state index is 12.1. The van der Waals surface area contributed by atoms with Gasteiger partial charge in [0.15, 0.2) is 0 Å². The van der Waals surface area contributed by atoms with Crippen LogP contribution in [-0.2, 0) is 10.0 Å². The van der Waals surface area contributed by atoms with Crippen molar-refractivity contribution in [3.05, 3.63) is 24.3 Å². The number of halogens is 1. The van der Waals surface area contributed by atoms with Crippen LogP contribution >= 0.6 is 12.4 Å².